The number of esters is 1. The normalized spacial score (nSPS) is 34.9. The summed E-state index contributed by atoms with van der Waals surface area (Å²) in [6.45, 7) is 14.6. The maximum absolute atomic E-state index is 14.6. The highest BCUT2D eigenvalue weighted by Crippen LogP contribution is 2.39. The van der Waals surface area contributed by atoms with Crippen molar-refractivity contribution in [1.82, 2.24) is 14.8 Å². The number of carbonyl (C=O) groups excluding carboxylic acids is 4. The fraction of sp³-hybridized carbons (Fsp3) is 0.673. The van der Waals surface area contributed by atoms with Gasteiger partial charge in [0, 0.05) is 82.9 Å². The van der Waals surface area contributed by atoms with Gasteiger partial charge < -0.3 is 53.8 Å². The van der Waals surface area contributed by atoms with E-state index in [0.29, 0.717) is 57.2 Å². The minimum absolute atomic E-state index is 0.00291. The number of aromatic nitrogens is 1. The number of ketones is 2. The number of Topliss-reactive ketones (excluding diaryl/α,β-unsaturated/α-hetero) is 2. The minimum atomic E-state index is -2.52. The van der Waals surface area contributed by atoms with Crippen molar-refractivity contribution < 1.29 is 58.2 Å². The summed E-state index contributed by atoms with van der Waals surface area (Å²) >= 11 is 0. The fourth-order valence-electron chi connectivity index (χ4n) is 11.6. The van der Waals surface area contributed by atoms with Crippen LogP contribution in [0.3, 0.4) is 0 Å². The summed E-state index contributed by atoms with van der Waals surface area (Å²) in [7, 11) is 4.78. The first kappa shape index (κ1) is 55.3. The number of nitrogens with one attached hydrogen (secondary N) is 1. The lowest BCUT2D eigenvalue weighted by molar-refractivity contribution is -0.302. The van der Waals surface area contributed by atoms with Crippen LogP contribution in [0.5, 0.6) is 0 Å². The third kappa shape index (κ3) is 12.9. The van der Waals surface area contributed by atoms with Gasteiger partial charge in [0.1, 0.15) is 24.0 Å². The maximum atomic E-state index is 14.6. The monoisotopic (exact) mass is 976 g/mol. The lowest BCUT2D eigenvalue weighted by Gasteiger charge is -2.47. The summed E-state index contributed by atoms with van der Waals surface area (Å²) in [4.78, 5) is 58.8. The summed E-state index contributed by atoms with van der Waals surface area (Å²) in [6, 6.07) is 7.34. The zero-order valence-corrected chi connectivity index (χ0v) is 42.8. The number of aliphatic hydroxyl groups is 3. The van der Waals surface area contributed by atoms with E-state index in [-0.39, 0.29) is 62.2 Å². The Hall–Kier alpha value is -4.06. The molecule has 1 saturated carbocycles. The third-order valence-corrected chi connectivity index (χ3v) is 15.7. The number of cyclic esters (lactones) is 1. The molecule has 1 amide bonds. The summed E-state index contributed by atoms with van der Waals surface area (Å²) in [5.41, 5.74) is 3.87. The Morgan fingerprint density at radius 2 is 1.69 bits per heavy atom. The van der Waals surface area contributed by atoms with Crippen molar-refractivity contribution in [3.05, 3.63) is 72.0 Å². The molecule has 15 heteroatoms. The Balaban J connectivity index is 1.28. The van der Waals surface area contributed by atoms with Gasteiger partial charge in [-0.25, -0.2) is 4.79 Å². The van der Waals surface area contributed by atoms with Crippen LogP contribution in [0.4, 0.5) is 0 Å². The molecule has 70 heavy (non-hydrogen) atoms. The summed E-state index contributed by atoms with van der Waals surface area (Å²) in [5.74, 6) is -7.71. The average Bonchev–Trinajstić information content (AvgIpc) is 3.75. The molecule has 3 fully saturated rings. The van der Waals surface area contributed by atoms with E-state index in [1.807, 2.05) is 37.6 Å². The van der Waals surface area contributed by atoms with Crippen molar-refractivity contribution in [3.8, 4) is 0 Å². The number of rotatable bonds is 12. The van der Waals surface area contributed by atoms with Gasteiger partial charge in [0.15, 0.2) is 0 Å². The van der Waals surface area contributed by atoms with E-state index in [0.717, 1.165) is 34.9 Å². The molecule has 1 aromatic heterocycles. The van der Waals surface area contributed by atoms with Crippen LogP contribution in [0, 0.1) is 29.6 Å². The van der Waals surface area contributed by atoms with E-state index in [4.69, 9.17) is 23.7 Å². The number of fused-ring (bicyclic) bond motifs is 4. The number of aliphatic hydroxyl groups excluding tert-OH is 2. The number of hydrogen-bond acceptors (Lipinski definition) is 13. The van der Waals surface area contributed by atoms with E-state index in [1.165, 1.54) is 19.1 Å². The van der Waals surface area contributed by atoms with Crippen LogP contribution in [0.25, 0.3) is 10.9 Å². The van der Waals surface area contributed by atoms with E-state index in [1.54, 1.807) is 27.0 Å². The van der Waals surface area contributed by atoms with Gasteiger partial charge in [-0.3, -0.25) is 14.4 Å². The zero-order valence-electron chi connectivity index (χ0n) is 42.8. The first-order chi connectivity index (χ1) is 33.5. The Bertz CT molecular complexity index is 2190. The maximum Gasteiger partial charge on any atom is 0.329 e. The number of nitrogens with zero attached hydrogens (tertiary/aromatic N) is 2. The lowest BCUT2D eigenvalue weighted by atomic mass is 9.80. The first-order valence-electron chi connectivity index (χ1n) is 25.6. The van der Waals surface area contributed by atoms with E-state index in [9.17, 15) is 34.5 Å². The Labute approximate surface area is 414 Å². The number of piperidine rings is 1. The Kier molecular flexibility index (Phi) is 19.8. The molecule has 2 bridgehead atoms. The highest BCUT2D eigenvalue weighted by atomic mass is 16.7. The Morgan fingerprint density at radius 1 is 0.957 bits per heavy atom. The molecular formula is C55H81N3O12. The molecular weight excluding hydrogens is 895 g/mol. The van der Waals surface area contributed by atoms with Crippen LogP contribution in [-0.2, 0) is 56.0 Å². The van der Waals surface area contributed by atoms with E-state index < -0.39 is 77.8 Å². The molecule has 4 aliphatic rings. The highest BCUT2D eigenvalue weighted by molar-refractivity contribution is 6.39. The van der Waals surface area contributed by atoms with Gasteiger partial charge >= 0.3 is 5.97 Å². The molecule has 0 radical (unpaired) electrons. The van der Waals surface area contributed by atoms with E-state index in [2.05, 4.69) is 42.2 Å². The quantitative estimate of drug-likeness (QED) is 0.104. The summed E-state index contributed by atoms with van der Waals surface area (Å²) in [6.07, 6.45) is 8.42. The second-order valence-corrected chi connectivity index (χ2v) is 20.8. The van der Waals surface area contributed by atoms with Gasteiger partial charge in [-0.1, -0.05) is 50.6 Å². The fourth-order valence-corrected chi connectivity index (χ4v) is 11.6. The largest absolute Gasteiger partial charge is 0.456 e. The third-order valence-electron chi connectivity index (χ3n) is 15.7. The predicted molar refractivity (Wildman–Crippen MR) is 266 cm³/mol. The van der Waals surface area contributed by atoms with Crippen LogP contribution in [0.15, 0.2) is 66.4 Å². The van der Waals surface area contributed by atoms with Gasteiger partial charge in [-0.2, -0.15) is 0 Å². The summed E-state index contributed by atoms with van der Waals surface area (Å²) in [5, 5.41) is 38.4. The molecule has 388 valence electrons. The van der Waals surface area contributed by atoms with Crippen LogP contribution < -0.4 is 5.32 Å². The molecule has 2 saturated heterocycles. The number of benzene rings is 1. The van der Waals surface area contributed by atoms with Crippen LogP contribution in [0.2, 0.25) is 0 Å². The van der Waals surface area contributed by atoms with Crippen molar-refractivity contribution in [2.75, 3.05) is 34.5 Å². The lowest BCUT2D eigenvalue weighted by Crippen LogP contribution is -2.64. The van der Waals surface area contributed by atoms with Crippen molar-refractivity contribution in [2.24, 2.45) is 29.6 Å². The predicted octanol–water partition coefficient (Wildman–Crippen LogP) is 6.38. The highest BCUT2D eigenvalue weighted by Gasteiger charge is 2.56. The molecule has 3 aliphatic heterocycles. The van der Waals surface area contributed by atoms with Crippen molar-refractivity contribution in [1.29, 1.82) is 0 Å². The molecule has 0 spiro atoms. The molecule has 14 atom stereocenters. The van der Waals surface area contributed by atoms with Crippen molar-refractivity contribution >= 4 is 34.3 Å². The second kappa shape index (κ2) is 25.1. The standard InChI is InChI=1S/C55H81N3O12/c1-10-13-41-25-33(2)24-34(3)26-48(67-8)51-49(68-9)28-36(5)55(65,70-51)52(62)53(63)58-20-12-11-14-44(58)54(64)69-50(37(6)45(60)31-46(41)61)35(4)27-38-15-17-42(47(30-38)66-7)56-32-39-16-18-43-40(29-39)19-21-57(43)22-23-59/h10,16,18-19,21,25,27,29,34,36-38,41-42,44-45,47-51,56,59-60,65H,1,11-15,17,20,22-24,26,28,30-32H2,2-9H3. The molecule has 6 rings (SSSR count). The number of ether oxygens (including phenoxy) is 5. The van der Waals surface area contributed by atoms with Crippen molar-refractivity contribution in [3.63, 3.8) is 0 Å². The van der Waals surface area contributed by atoms with Gasteiger partial charge in [-0.05, 0) is 125 Å². The number of amides is 1. The molecule has 15 nitrogen and oxygen atoms in total. The smallest absolute Gasteiger partial charge is 0.329 e. The topological polar surface area (TPSA) is 195 Å². The number of methoxy groups -OCH3 is 3. The Morgan fingerprint density at radius 3 is 2.39 bits per heavy atom. The molecule has 2 aromatic rings. The molecule has 1 aliphatic carbocycles. The van der Waals surface area contributed by atoms with Crippen LogP contribution in [-0.4, -0.2) is 137 Å². The van der Waals surface area contributed by atoms with Crippen LogP contribution >= 0.6 is 0 Å². The average molecular weight is 976 g/mol. The minimum Gasteiger partial charge on any atom is -0.456 e. The van der Waals surface area contributed by atoms with Gasteiger partial charge in [0.05, 0.1) is 31.0 Å². The molecule has 4 heterocycles. The number of allylic oxidation sites excluding steroid dienone is 4. The van der Waals surface area contributed by atoms with Gasteiger partial charge in [0.2, 0.25) is 5.79 Å². The van der Waals surface area contributed by atoms with Crippen molar-refractivity contribution in [2.45, 2.75) is 173 Å². The number of hydrogen-bond donors (Lipinski definition) is 4. The summed E-state index contributed by atoms with van der Waals surface area (Å²) < 4.78 is 32.6. The van der Waals surface area contributed by atoms with Gasteiger partial charge in [-0.15, -0.1) is 6.58 Å². The molecule has 4 N–H and O–H groups in total. The van der Waals surface area contributed by atoms with Gasteiger partial charge in [0.25, 0.3) is 11.7 Å². The van der Waals surface area contributed by atoms with E-state index >= 15 is 0 Å². The number of carbonyl (C=O) groups is 4. The molecule has 1 aromatic carbocycles. The second-order valence-electron chi connectivity index (χ2n) is 20.8. The van der Waals surface area contributed by atoms with Crippen LogP contribution in [0.1, 0.15) is 111 Å². The SMILES string of the molecule is C=CCC1C=C(C)CC(C)CC(OC)C2OC(O)(C(=O)C(=O)N3CCCCC3C(=O)OC(C(C)=CC3CCC(NCc4ccc5c(ccn5CCO)c4)C(OC)C3)C(C)C(O)CC1=O)C(C)CC2OC. The first-order valence-corrected chi connectivity index (χ1v) is 25.6. The zero-order chi connectivity index (χ0) is 50.9. The molecule has 14 unspecified atom stereocenters.